The highest BCUT2D eigenvalue weighted by Gasteiger charge is 2.17. The molecule has 0 aliphatic rings. The number of rotatable bonds is 5. The van der Waals surface area contributed by atoms with Gasteiger partial charge in [-0.25, -0.2) is 23.1 Å². The van der Waals surface area contributed by atoms with Gasteiger partial charge in [0, 0.05) is 12.2 Å². The van der Waals surface area contributed by atoms with E-state index in [0.29, 0.717) is 18.2 Å². The Morgan fingerprint density at radius 2 is 1.88 bits per heavy atom. The van der Waals surface area contributed by atoms with Crippen LogP contribution in [0.3, 0.4) is 0 Å². The maximum absolute atomic E-state index is 13.6. The number of amides is 1. The zero-order valence-electron chi connectivity index (χ0n) is 13.5. The normalized spacial score (nSPS) is 10.8. The van der Waals surface area contributed by atoms with Crippen molar-refractivity contribution in [3.8, 4) is 0 Å². The van der Waals surface area contributed by atoms with E-state index in [1.54, 1.807) is 6.92 Å². The Morgan fingerprint density at radius 1 is 1.17 bits per heavy atom. The van der Waals surface area contributed by atoms with Crippen LogP contribution in [0.1, 0.15) is 30.0 Å². The molecule has 128 valence electrons. The fourth-order valence-electron chi connectivity index (χ4n) is 1.87. The van der Waals surface area contributed by atoms with Gasteiger partial charge in [0.2, 0.25) is 5.95 Å². The van der Waals surface area contributed by atoms with E-state index in [-0.39, 0.29) is 11.6 Å². The molecule has 24 heavy (non-hydrogen) atoms. The lowest BCUT2D eigenvalue weighted by Gasteiger charge is -2.10. The number of aryl methyl sites for hydroxylation is 1. The summed E-state index contributed by atoms with van der Waals surface area (Å²) >= 11 is 0. The third kappa shape index (κ3) is 4.21. The van der Waals surface area contributed by atoms with Gasteiger partial charge in [0.1, 0.15) is 5.69 Å². The Labute approximate surface area is 137 Å². The van der Waals surface area contributed by atoms with E-state index in [9.17, 15) is 18.0 Å². The van der Waals surface area contributed by atoms with Crippen molar-refractivity contribution < 1.29 is 18.0 Å². The van der Waals surface area contributed by atoms with Crippen LogP contribution < -0.4 is 10.6 Å². The van der Waals surface area contributed by atoms with Crippen LogP contribution in [0.4, 0.5) is 24.8 Å². The average Bonchev–Trinajstić information content (AvgIpc) is 2.53. The van der Waals surface area contributed by atoms with Gasteiger partial charge in [-0.2, -0.15) is 0 Å². The van der Waals surface area contributed by atoms with Crippen LogP contribution in [0.25, 0.3) is 0 Å². The first-order valence-electron chi connectivity index (χ1n) is 7.32. The summed E-state index contributed by atoms with van der Waals surface area (Å²) in [6.45, 7) is 6.30. The highest BCUT2D eigenvalue weighted by atomic mass is 19.2. The number of halogens is 3. The van der Waals surface area contributed by atoms with Crippen LogP contribution in [-0.2, 0) is 0 Å². The quantitative estimate of drug-likeness (QED) is 0.819. The molecular weight excluding hydrogens is 321 g/mol. The van der Waals surface area contributed by atoms with Crippen LogP contribution in [0, 0.1) is 30.3 Å². The number of hydrogen-bond donors (Lipinski definition) is 2. The van der Waals surface area contributed by atoms with Crippen molar-refractivity contribution >= 4 is 17.5 Å². The molecule has 1 heterocycles. The summed E-state index contributed by atoms with van der Waals surface area (Å²) in [6.07, 6.45) is 0. The smallest absolute Gasteiger partial charge is 0.274 e. The van der Waals surface area contributed by atoms with Gasteiger partial charge < -0.3 is 10.6 Å². The Kier molecular flexibility index (Phi) is 5.38. The van der Waals surface area contributed by atoms with Crippen molar-refractivity contribution in [3.05, 3.63) is 47.0 Å². The molecule has 5 nitrogen and oxygen atoms in total. The molecule has 0 saturated heterocycles. The van der Waals surface area contributed by atoms with Crippen LogP contribution in [0.2, 0.25) is 0 Å². The molecule has 0 aliphatic heterocycles. The van der Waals surface area contributed by atoms with Gasteiger partial charge in [0.25, 0.3) is 5.91 Å². The molecule has 1 aromatic heterocycles. The van der Waals surface area contributed by atoms with Crippen LogP contribution in [0.5, 0.6) is 0 Å². The van der Waals surface area contributed by atoms with Crippen LogP contribution in [0.15, 0.2) is 18.2 Å². The standard InChI is InChI=1S/C16H17F3N4O/c1-8(2)7-20-16-21-9(3)6-12(23-16)15(24)22-11-5-4-10(17)13(18)14(11)19/h4-6,8H,7H2,1-3H3,(H,22,24)(H,20,21,23). The number of benzene rings is 1. The Hall–Kier alpha value is -2.64. The van der Waals surface area contributed by atoms with E-state index in [4.69, 9.17) is 0 Å². The number of anilines is 2. The monoisotopic (exact) mass is 338 g/mol. The van der Waals surface area contributed by atoms with E-state index < -0.39 is 29.0 Å². The van der Waals surface area contributed by atoms with Crippen molar-refractivity contribution in [2.24, 2.45) is 5.92 Å². The van der Waals surface area contributed by atoms with Crippen molar-refractivity contribution in [1.29, 1.82) is 0 Å². The third-order valence-electron chi connectivity index (χ3n) is 3.04. The number of carbonyl (C=O) groups is 1. The third-order valence-corrected chi connectivity index (χ3v) is 3.04. The summed E-state index contributed by atoms with van der Waals surface area (Å²) in [6, 6.07) is 3.08. The van der Waals surface area contributed by atoms with Gasteiger partial charge in [-0.15, -0.1) is 0 Å². The van der Waals surface area contributed by atoms with Crippen molar-refractivity contribution in [2.75, 3.05) is 17.2 Å². The van der Waals surface area contributed by atoms with Gasteiger partial charge in [-0.3, -0.25) is 4.79 Å². The largest absolute Gasteiger partial charge is 0.354 e. The lowest BCUT2D eigenvalue weighted by Crippen LogP contribution is -2.18. The summed E-state index contributed by atoms with van der Waals surface area (Å²) in [5, 5.41) is 5.16. The van der Waals surface area contributed by atoms with Crippen LogP contribution in [-0.4, -0.2) is 22.4 Å². The average molecular weight is 338 g/mol. The fraction of sp³-hybridized carbons (Fsp3) is 0.312. The molecule has 2 N–H and O–H groups in total. The van der Waals surface area contributed by atoms with Gasteiger partial charge in [0.05, 0.1) is 5.69 Å². The second-order valence-corrected chi connectivity index (χ2v) is 5.67. The Morgan fingerprint density at radius 3 is 2.54 bits per heavy atom. The second-order valence-electron chi connectivity index (χ2n) is 5.67. The zero-order valence-corrected chi connectivity index (χ0v) is 13.5. The fourth-order valence-corrected chi connectivity index (χ4v) is 1.87. The SMILES string of the molecule is Cc1cc(C(=O)Nc2ccc(F)c(F)c2F)nc(NCC(C)C)n1. The molecular formula is C16H17F3N4O. The molecule has 0 atom stereocenters. The predicted molar refractivity (Wildman–Crippen MR) is 84.4 cm³/mol. The molecule has 2 aromatic rings. The molecule has 8 heteroatoms. The molecule has 2 rings (SSSR count). The number of nitrogens with one attached hydrogen (secondary N) is 2. The second kappa shape index (κ2) is 7.29. The lowest BCUT2D eigenvalue weighted by molar-refractivity contribution is 0.102. The molecule has 0 fully saturated rings. The summed E-state index contributed by atoms with van der Waals surface area (Å²) in [4.78, 5) is 20.4. The first-order valence-corrected chi connectivity index (χ1v) is 7.32. The van der Waals surface area contributed by atoms with Gasteiger partial charge in [-0.1, -0.05) is 13.8 Å². The van der Waals surface area contributed by atoms with Gasteiger partial charge in [0.15, 0.2) is 17.5 Å². The highest BCUT2D eigenvalue weighted by molar-refractivity contribution is 6.03. The van der Waals surface area contributed by atoms with Crippen molar-refractivity contribution in [3.63, 3.8) is 0 Å². The van der Waals surface area contributed by atoms with E-state index >= 15 is 0 Å². The molecule has 0 radical (unpaired) electrons. The predicted octanol–water partition coefficient (Wildman–Crippen LogP) is 3.52. The van der Waals surface area contributed by atoms with E-state index in [2.05, 4.69) is 20.6 Å². The van der Waals surface area contributed by atoms with E-state index in [1.165, 1.54) is 6.07 Å². The summed E-state index contributed by atoms with van der Waals surface area (Å²) in [7, 11) is 0. The van der Waals surface area contributed by atoms with E-state index in [1.807, 2.05) is 13.8 Å². The molecule has 0 aliphatic carbocycles. The lowest BCUT2D eigenvalue weighted by atomic mass is 10.2. The molecule has 0 spiro atoms. The summed E-state index contributed by atoms with van der Waals surface area (Å²) < 4.78 is 39.8. The van der Waals surface area contributed by atoms with E-state index in [0.717, 1.165) is 12.1 Å². The Bertz CT molecular complexity index is 765. The number of aromatic nitrogens is 2. The zero-order chi connectivity index (χ0) is 17.9. The first-order chi connectivity index (χ1) is 11.3. The van der Waals surface area contributed by atoms with Crippen LogP contribution >= 0.6 is 0 Å². The number of nitrogens with zero attached hydrogens (tertiary/aromatic N) is 2. The highest BCUT2D eigenvalue weighted by Crippen LogP contribution is 2.20. The molecule has 0 saturated carbocycles. The van der Waals surface area contributed by atoms with Crippen molar-refractivity contribution in [2.45, 2.75) is 20.8 Å². The van der Waals surface area contributed by atoms with Gasteiger partial charge >= 0.3 is 0 Å². The molecule has 1 aromatic carbocycles. The minimum Gasteiger partial charge on any atom is -0.354 e. The summed E-state index contributed by atoms with van der Waals surface area (Å²) in [5.74, 6) is -4.58. The minimum atomic E-state index is -1.65. The first kappa shape index (κ1) is 17.7. The maximum atomic E-state index is 13.6. The van der Waals surface area contributed by atoms with Crippen molar-refractivity contribution in [1.82, 2.24) is 9.97 Å². The summed E-state index contributed by atoms with van der Waals surface area (Å²) in [5.41, 5.74) is 0.0527. The molecule has 1 amide bonds. The maximum Gasteiger partial charge on any atom is 0.274 e. The van der Waals surface area contributed by atoms with Gasteiger partial charge in [-0.05, 0) is 31.0 Å². The number of carbonyl (C=O) groups excluding carboxylic acids is 1. The topological polar surface area (TPSA) is 66.9 Å². The minimum absolute atomic E-state index is 0.0158. The Balaban J connectivity index is 2.22. The number of hydrogen-bond acceptors (Lipinski definition) is 4. The molecule has 0 unspecified atom stereocenters. The molecule has 0 bridgehead atoms.